The lowest BCUT2D eigenvalue weighted by Crippen LogP contribution is -2.52. The van der Waals surface area contributed by atoms with E-state index in [1.807, 2.05) is 13.8 Å². The van der Waals surface area contributed by atoms with Gasteiger partial charge in [0.2, 0.25) is 5.91 Å². The van der Waals surface area contributed by atoms with Gasteiger partial charge in [-0.15, -0.1) is 0 Å². The molecule has 7 nitrogen and oxygen atoms in total. The molecule has 2 heterocycles. The first-order valence-electron chi connectivity index (χ1n) is 10.8. The summed E-state index contributed by atoms with van der Waals surface area (Å²) in [5.74, 6) is -0.206. The van der Waals surface area contributed by atoms with Crippen molar-refractivity contribution in [1.82, 2.24) is 9.62 Å². The second-order valence-electron chi connectivity index (χ2n) is 8.20. The summed E-state index contributed by atoms with van der Waals surface area (Å²) in [6.45, 7) is 6.26. The zero-order valence-electron chi connectivity index (χ0n) is 18.2. The lowest BCUT2D eigenvalue weighted by molar-refractivity contribution is -0.133. The average molecular weight is 459 g/mol. The van der Waals surface area contributed by atoms with Crippen LogP contribution in [0.15, 0.2) is 58.4 Å². The number of hydrogen-bond donors (Lipinski definition) is 1. The van der Waals surface area contributed by atoms with Gasteiger partial charge in [0.25, 0.3) is 10.0 Å². The topological polar surface area (TPSA) is 82.1 Å². The van der Waals surface area contributed by atoms with E-state index in [2.05, 4.69) is 14.6 Å². The Morgan fingerprint density at radius 1 is 1.09 bits per heavy atom. The molecule has 1 fully saturated rings. The lowest BCUT2D eigenvalue weighted by Gasteiger charge is -2.37. The van der Waals surface area contributed by atoms with Crippen molar-refractivity contribution < 1.29 is 17.6 Å². The number of sulfonamides is 1. The number of fused-ring (bicyclic) bond motifs is 1. The molecule has 170 valence electrons. The van der Waals surface area contributed by atoms with Gasteiger partial charge in [0.15, 0.2) is 0 Å². The molecule has 2 aliphatic heterocycles. The van der Waals surface area contributed by atoms with E-state index in [0.29, 0.717) is 31.7 Å². The standard InChI is InChI=1S/C23H27FN4O3S/c1-3-16(2)21(25-22-19-6-4-5-7-20(19)32(30,31)26-22)23(29)28-14-12-27(13-15-28)18-10-8-17(24)9-11-18/h4-11,16,21H,3,12-15H2,1-2H3,(H,25,26)/t16-,21+/m0/s1. The third-order valence-corrected chi connectivity index (χ3v) is 7.55. The van der Waals surface area contributed by atoms with Gasteiger partial charge >= 0.3 is 0 Å². The minimum atomic E-state index is -3.66. The number of aliphatic imine (C=N–C) groups is 1. The molecule has 0 aliphatic carbocycles. The highest BCUT2D eigenvalue weighted by Gasteiger charge is 2.35. The molecule has 0 aromatic heterocycles. The largest absolute Gasteiger partial charge is 0.368 e. The number of nitrogens with one attached hydrogen (secondary N) is 1. The van der Waals surface area contributed by atoms with Crippen LogP contribution in [0.25, 0.3) is 0 Å². The third-order valence-electron chi connectivity index (χ3n) is 6.15. The Morgan fingerprint density at radius 3 is 2.41 bits per heavy atom. The maximum atomic E-state index is 13.4. The third kappa shape index (κ3) is 4.34. The number of hydrogen-bond acceptors (Lipinski definition) is 5. The number of benzene rings is 2. The van der Waals surface area contributed by atoms with Crippen molar-refractivity contribution in [2.45, 2.75) is 31.2 Å². The molecule has 0 radical (unpaired) electrons. The Hall–Kier alpha value is -2.94. The Labute approximate surface area is 188 Å². The van der Waals surface area contributed by atoms with Crippen LogP contribution >= 0.6 is 0 Å². The van der Waals surface area contributed by atoms with Crippen LogP contribution in [-0.4, -0.2) is 57.3 Å². The van der Waals surface area contributed by atoms with Crippen molar-refractivity contribution in [3.05, 3.63) is 59.9 Å². The van der Waals surface area contributed by atoms with Crippen LogP contribution in [-0.2, 0) is 14.8 Å². The van der Waals surface area contributed by atoms with Crippen LogP contribution in [0.2, 0.25) is 0 Å². The van der Waals surface area contributed by atoms with Gasteiger partial charge in [0, 0.05) is 37.4 Å². The van der Waals surface area contributed by atoms with E-state index in [1.54, 1.807) is 35.2 Å². The van der Waals surface area contributed by atoms with E-state index in [0.717, 1.165) is 12.1 Å². The molecule has 0 unspecified atom stereocenters. The first-order chi connectivity index (χ1) is 15.3. The van der Waals surface area contributed by atoms with Crippen molar-refractivity contribution in [3.8, 4) is 0 Å². The van der Waals surface area contributed by atoms with Crippen LogP contribution in [0.3, 0.4) is 0 Å². The number of carbonyl (C=O) groups is 1. The summed E-state index contributed by atoms with van der Waals surface area (Å²) in [4.78, 5) is 22.1. The molecule has 32 heavy (non-hydrogen) atoms. The van der Waals surface area contributed by atoms with Crippen molar-refractivity contribution in [3.63, 3.8) is 0 Å². The van der Waals surface area contributed by atoms with Gasteiger partial charge < -0.3 is 9.80 Å². The summed E-state index contributed by atoms with van der Waals surface area (Å²) in [7, 11) is -3.66. The predicted octanol–water partition coefficient (Wildman–Crippen LogP) is 2.63. The zero-order chi connectivity index (χ0) is 22.9. The number of rotatable bonds is 5. The highest BCUT2D eigenvalue weighted by Crippen LogP contribution is 2.25. The maximum absolute atomic E-state index is 13.4. The molecular weight excluding hydrogens is 431 g/mol. The van der Waals surface area contributed by atoms with Gasteiger partial charge in [-0.05, 0) is 42.3 Å². The summed E-state index contributed by atoms with van der Waals surface area (Å²) < 4.78 is 40.6. The van der Waals surface area contributed by atoms with E-state index in [4.69, 9.17) is 0 Å². The summed E-state index contributed by atoms with van der Waals surface area (Å²) in [5.41, 5.74) is 1.42. The number of halogens is 1. The molecule has 0 spiro atoms. The molecule has 1 N–H and O–H groups in total. The fourth-order valence-electron chi connectivity index (χ4n) is 4.04. The second-order valence-corrected chi connectivity index (χ2v) is 9.85. The molecule has 2 aliphatic rings. The number of carbonyl (C=O) groups excluding carboxylic acids is 1. The van der Waals surface area contributed by atoms with Crippen LogP contribution in [0.5, 0.6) is 0 Å². The van der Waals surface area contributed by atoms with Crippen LogP contribution < -0.4 is 9.62 Å². The second kappa shape index (κ2) is 8.90. The molecule has 2 aromatic rings. The fraction of sp³-hybridized carbons (Fsp3) is 0.391. The van der Waals surface area contributed by atoms with Gasteiger partial charge in [0.05, 0.1) is 4.90 Å². The van der Waals surface area contributed by atoms with Gasteiger partial charge in [-0.25, -0.2) is 12.8 Å². The highest BCUT2D eigenvalue weighted by atomic mass is 32.2. The Bertz CT molecular complexity index is 1130. The molecule has 2 aromatic carbocycles. The van der Waals surface area contributed by atoms with Crippen molar-refractivity contribution in [2.24, 2.45) is 10.9 Å². The number of piperazine rings is 1. The summed E-state index contributed by atoms with van der Waals surface area (Å²) in [6.07, 6.45) is 0.733. The monoisotopic (exact) mass is 458 g/mol. The highest BCUT2D eigenvalue weighted by molar-refractivity contribution is 7.90. The molecule has 0 bridgehead atoms. The van der Waals surface area contributed by atoms with E-state index >= 15 is 0 Å². The normalized spacial score (nSPS) is 20.5. The fourth-order valence-corrected chi connectivity index (χ4v) is 5.28. The summed E-state index contributed by atoms with van der Waals surface area (Å²) in [6, 6.07) is 12.3. The number of amides is 1. The molecule has 1 amide bonds. The van der Waals surface area contributed by atoms with Gasteiger partial charge in [-0.1, -0.05) is 32.4 Å². The molecule has 4 rings (SSSR count). The first-order valence-corrected chi connectivity index (χ1v) is 12.3. The van der Waals surface area contributed by atoms with Crippen molar-refractivity contribution in [1.29, 1.82) is 0 Å². The SMILES string of the molecule is CC[C@H](C)[C@@H](N=C1NS(=O)(=O)c2ccccc21)C(=O)N1CCN(c2ccc(F)cc2)CC1. The summed E-state index contributed by atoms with van der Waals surface area (Å²) in [5, 5.41) is 0. The van der Waals surface area contributed by atoms with Crippen LogP contribution in [0.4, 0.5) is 10.1 Å². The number of nitrogens with zero attached hydrogens (tertiary/aromatic N) is 3. The predicted molar refractivity (Wildman–Crippen MR) is 122 cm³/mol. The van der Waals surface area contributed by atoms with Gasteiger partial charge in [-0.3, -0.25) is 14.5 Å². The molecule has 9 heteroatoms. The molecule has 2 atom stereocenters. The van der Waals surface area contributed by atoms with Crippen molar-refractivity contribution in [2.75, 3.05) is 31.1 Å². The van der Waals surface area contributed by atoms with E-state index < -0.39 is 16.1 Å². The van der Waals surface area contributed by atoms with Crippen LogP contribution in [0.1, 0.15) is 25.8 Å². The average Bonchev–Trinajstić information content (AvgIpc) is 3.07. The van der Waals surface area contributed by atoms with Crippen LogP contribution in [0, 0.1) is 11.7 Å². The maximum Gasteiger partial charge on any atom is 0.263 e. The number of anilines is 1. The first kappa shape index (κ1) is 22.3. The minimum Gasteiger partial charge on any atom is -0.368 e. The van der Waals surface area contributed by atoms with E-state index in [-0.39, 0.29) is 28.4 Å². The van der Waals surface area contributed by atoms with Crippen molar-refractivity contribution >= 4 is 27.5 Å². The quantitative estimate of drug-likeness (QED) is 0.747. The summed E-state index contributed by atoms with van der Waals surface area (Å²) >= 11 is 0. The van der Waals surface area contributed by atoms with E-state index in [9.17, 15) is 17.6 Å². The minimum absolute atomic E-state index is 0.0533. The molecule has 0 saturated carbocycles. The smallest absolute Gasteiger partial charge is 0.263 e. The Balaban J connectivity index is 1.53. The van der Waals surface area contributed by atoms with Gasteiger partial charge in [-0.2, -0.15) is 0 Å². The number of amidine groups is 1. The molecular formula is C23H27FN4O3S. The Morgan fingerprint density at radius 2 is 1.75 bits per heavy atom. The molecule has 1 saturated heterocycles. The Kier molecular flexibility index (Phi) is 6.19. The van der Waals surface area contributed by atoms with E-state index in [1.165, 1.54) is 18.2 Å². The van der Waals surface area contributed by atoms with Gasteiger partial charge in [0.1, 0.15) is 17.7 Å². The lowest BCUT2D eigenvalue weighted by atomic mass is 9.97. The zero-order valence-corrected chi connectivity index (χ0v) is 19.0.